The fraction of sp³-hybridized carbons (Fsp3) is 0.375. The molecule has 0 spiro atoms. The van der Waals surface area contributed by atoms with Crippen LogP contribution < -0.4 is 10.9 Å². The third-order valence-electron chi connectivity index (χ3n) is 3.45. The summed E-state index contributed by atoms with van der Waals surface area (Å²) in [5, 5.41) is 12.5. The average molecular weight is 289 g/mol. The summed E-state index contributed by atoms with van der Waals surface area (Å²) in [6.45, 7) is 3.88. The van der Waals surface area contributed by atoms with E-state index in [-0.39, 0.29) is 24.1 Å². The molecule has 0 bridgehead atoms. The minimum Gasteiger partial charge on any atom is -0.422 e. The number of aliphatic hydroxyl groups excluding tert-OH is 1. The number of carbonyl (C=O) groups excluding carboxylic acids is 1. The number of rotatable bonds is 5. The van der Waals surface area contributed by atoms with Gasteiger partial charge in [0.1, 0.15) is 11.1 Å². The molecule has 0 aliphatic rings. The van der Waals surface area contributed by atoms with Crippen LogP contribution in [0.4, 0.5) is 0 Å². The van der Waals surface area contributed by atoms with Gasteiger partial charge in [0.2, 0.25) is 0 Å². The monoisotopic (exact) mass is 289 g/mol. The first-order chi connectivity index (χ1) is 10.0. The van der Waals surface area contributed by atoms with Gasteiger partial charge >= 0.3 is 5.63 Å². The molecule has 112 valence electrons. The van der Waals surface area contributed by atoms with E-state index < -0.39 is 11.5 Å². The summed E-state index contributed by atoms with van der Waals surface area (Å²) in [6.07, 6.45) is 0.447. The Labute approximate surface area is 122 Å². The lowest BCUT2D eigenvalue weighted by atomic mass is 10.0. The Bertz CT molecular complexity index is 690. The van der Waals surface area contributed by atoms with Crippen molar-refractivity contribution in [2.24, 2.45) is 5.92 Å². The van der Waals surface area contributed by atoms with Gasteiger partial charge in [0.05, 0.1) is 0 Å². The summed E-state index contributed by atoms with van der Waals surface area (Å²) < 4.78 is 5.15. The number of aliphatic hydroxyl groups is 1. The maximum Gasteiger partial charge on any atom is 0.349 e. The molecule has 2 rings (SSSR count). The molecule has 0 aliphatic carbocycles. The van der Waals surface area contributed by atoms with E-state index in [2.05, 4.69) is 5.32 Å². The van der Waals surface area contributed by atoms with Gasteiger partial charge in [0, 0.05) is 18.0 Å². The van der Waals surface area contributed by atoms with Crippen molar-refractivity contribution in [3.05, 3.63) is 46.3 Å². The van der Waals surface area contributed by atoms with E-state index in [1.54, 1.807) is 18.2 Å². The van der Waals surface area contributed by atoms with E-state index in [1.165, 1.54) is 6.07 Å². The molecule has 1 aromatic heterocycles. The van der Waals surface area contributed by atoms with Gasteiger partial charge in [-0.1, -0.05) is 32.0 Å². The summed E-state index contributed by atoms with van der Waals surface area (Å²) in [5.41, 5.74) is -0.218. The Morgan fingerprint density at radius 1 is 1.33 bits per heavy atom. The van der Waals surface area contributed by atoms with Gasteiger partial charge < -0.3 is 14.8 Å². The minimum absolute atomic E-state index is 0.0164. The summed E-state index contributed by atoms with van der Waals surface area (Å²) in [6, 6.07) is 8.39. The fourth-order valence-corrected chi connectivity index (χ4v) is 2.18. The summed E-state index contributed by atoms with van der Waals surface area (Å²) >= 11 is 0. The molecule has 5 heteroatoms. The molecule has 1 atom stereocenters. The van der Waals surface area contributed by atoms with Crippen molar-refractivity contribution >= 4 is 16.9 Å². The lowest BCUT2D eigenvalue weighted by Crippen LogP contribution is -2.40. The quantitative estimate of drug-likeness (QED) is 0.824. The number of nitrogens with one attached hydrogen (secondary N) is 1. The van der Waals surface area contributed by atoms with Gasteiger partial charge in [-0.25, -0.2) is 4.79 Å². The highest BCUT2D eigenvalue weighted by atomic mass is 16.4. The Morgan fingerprint density at radius 3 is 2.71 bits per heavy atom. The van der Waals surface area contributed by atoms with Crippen LogP contribution in [0.5, 0.6) is 0 Å². The molecule has 1 aromatic carbocycles. The van der Waals surface area contributed by atoms with Crippen molar-refractivity contribution in [2.75, 3.05) is 6.61 Å². The highest BCUT2D eigenvalue weighted by Gasteiger charge is 2.19. The Hall–Kier alpha value is -2.14. The van der Waals surface area contributed by atoms with Crippen molar-refractivity contribution in [2.45, 2.75) is 26.3 Å². The summed E-state index contributed by atoms with van der Waals surface area (Å²) in [4.78, 5) is 24.2. The third kappa shape index (κ3) is 3.49. The molecule has 21 heavy (non-hydrogen) atoms. The maximum absolute atomic E-state index is 12.2. The Morgan fingerprint density at radius 2 is 2.05 bits per heavy atom. The SMILES string of the molecule is CC(C)C(CCO)NC(=O)c1cc2ccccc2oc1=O. The smallest absolute Gasteiger partial charge is 0.349 e. The van der Waals surface area contributed by atoms with Crippen molar-refractivity contribution in [3.63, 3.8) is 0 Å². The molecule has 0 saturated heterocycles. The van der Waals surface area contributed by atoms with E-state index in [0.29, 0.717) is 17.4 Å². The van der Waals surface area contributed by atoms with Gasteiger partial charge in [0.15, 0.2) is 0 Å². The van der Waals surface area contributed by atoms with Gasteiger partial charge in [-0.05, 0) is 24.5 Å². The highest BCUT2D eigenvalue weighted by Crippen LogP contribution is 2.13. The molecular weight excluding hydrogens is 270 g/mol. The van der Waals surface area contributed by atoms with Crippen molar-refractivity contribution in [3.8, 4) is 0 Å². The molecule has 1 heterocycles. The molecule has 0 radical (unpaired) electrons. The van der Waals surface area contributed by atoms with E-state index in [4.69, 9.17) is 9.52 Å². The first-order valence-corrected chi connectivity index (χ1v) is 6.97. The molecular formula is C16H19NO4. The van der Waals surface area contributed by atoms with Crippen LogP contribution >= 0.6 is 0 Å². The van der Waals surface area contributed by atoms with Gasteiger partial charge in [-0.15, -0.1) is 0 Å². The van der Waals surface area contributed by atoms with Crippen LogP contribution in [0.3, 0.4) is 0 Å². The average Bonchev–Trinajstić information content (AvgIpc) is 2.45. The number of para-hydroxylation sites is 1. The van der Waals surface area contributed by atoms with Gasteiger partial charge in [-0.3, -0.25) is 4.79 Å². The first kappa shape index (κ1) is 15.3. The lowest BCUT2D eigenvalue weighted by Gasteiger charge is -2.21. The van der Waals surface area contributed by atoms with Crippen LogP contribution in [-0.2, 0) is 0 Å². The van der Waals surface area contributed by atoms with Crippen LogP contribution in [-0.4, -0.2) is 23.7 Å². The highest BCUT2D eigenvalue weighted by molar-refractivity contribution is 5.96. The zero-order valence-corrected chi connectivity index (χ0v) is 12.1. The third-order valence-corrected chi connectivity index (χ3v) is 3.45. The number of benzene rings is 1. The Kier molecular flexibility index (Phi) is 4.75. The van der Waals surface area contributed by atoms with E-state index in [0.717, 1.165) is 0 Å². The molecule has 0 saturated carbocycles. The number of hydrogen-bond acceptors (Lipinski definition) is 4. The number of carbonyl (C=O) groups is 1. The van der Waals surface area contributed by atoms with E-state index in [1.807, 2.05) is 19.9 Å². The molecule has 5 nitrogen and oxygen atoms in total. The van der Waals surface area contributed by atoms with Crippen molar-refractivity contribution in [1.29, 1.82) is 0 Å². The number of fused-ring (bicyclic) bond motifs is 1. The minimum atomic E-state index is -0.655. The zero-order valence-electron chi connectivity index (χ0n) is 12.1. The van der Waals surface area contributed by atoms with Crippen LogP contribution in [0.25, 0.3) is 11.0 Å². The second-order valence-electron chi connectivity index (χ2n) is 5.32. The lowest BCUT2D eigenvalue weighted by molar-refractivity contribution is 0.0913. The topological polar surface area (TPSA) is 79.5 Å². The van der Waals surface area contributed by atoms with Gasteiger partial charge in [0.25, 0.3) is 5.91 Å². The van der Waals surface area contributed by atoms with Crippen molar-refractivity contribution < 1.29 is 14.3 Å². The fourth-order valence-electron chi connectivity index (χ4n) is 2.18. The predicted octanol–water partition coefficient (Wildman–Crippen LogP) is 1.93. The molecule has 2 N–H and O–H groups in total. The van der Waals surface area contributed by atoms with E-state index >= 15 is 0 Å². The number of hydrogen-bond donors (Lipinski definition) is 2. The standard InChI is InChI=1S/C16H19NO4/c1-10(2)13(7-8-18)17-15(19)12-9-11-5-3-4-6-14(11)21-16(12)20/h3-6,9-10,13,18H,7-8H2,1-2H3,(H,17,19). The molecule has 0 aliphatic heterocycles. The molecule has 1 unspecified atom stereocenters. The summed E-state index contributed by atoms with van der Waals surface area (Å²) in [5.74, 6) is -0.310. The summed E-state index contributed by atoms with van der Waals surface area (Å²) in [7, 11) is 0. The Balaban J connectivity index is 2.30. The second kappa shape index (κ2) is 6.54. The second-order valence-corrected chi connectivity index (χ2v) is 5.32. The first-order valence-electron chi connectivity index (χ1n) is 6.97. The largest absolute Gasteiger partial charge is 0.422 e. The zero-order chi connectivity index (χ0) is 15.4. The van der Waals surface area contributed by atoms with Crippen molar-refractivity contribution in [1.82, 2.24) is 5.32 Å². The van der Waals surface area contributed by atoms with Gasteiger partial charge in [-0.2, -0.15) is 0 Å². The normalized spacial score (nSPS) is 12.6. The van der Waals surface area contributed by atoms with Crippen LogP contribution in [0.15, 0.2) is 39.5 Å². The molecule has 1 amide bonds. The van der Waals surface area contributed by atoms with E-state index in [9.17, 15) is 9.59 Å². The van der Waals surface area contributed by atoms with Crippen LogP contribution in [0.1, 0.15) is 30.6 Å². The predicted molar refractivity (Wildman–Crippen MR) is 80.3 cm³/mol. The number of amides is 1. The molecule has 2 aromatic rings. The van der Waals surface area contributed by atoms with Crippen LogP contribution in [0, 0.1) is 5.92 Å². The molecule has 0 fully saturated rings. The van der Waals surface area contributed by atoms with Crippen LogP contribution in [0.2, 0.25) is 0 Å². The maximum atomic E-state index is 12.2.